The van der Waals surface area contributed by atoms with E-state index in [-0.39, 0.29) is 0 Å². The minimum atomic E-state index is -1.82. The summed E-state index contributed by atoms with van der Waals surface area (Å²) in [5.41, 5.74) is -1.64. The quantitative estimate of drug-likeness (QED) is 0.310. The van der Waals surface area contributed by atoms with E-state index in [2.05, 4.69) is 4.74 Å². The van der Waals surface area contributed by atoms with Crippen LogP contribution in [0.3, 0.4) is 0 Å². The van der Waals surface area contributed by atoms with E-state index in [1.165, 1.54) is 0 Å². The zero-order valence-corrected chi connectivity index (χ0v) is 12.6. The Kier molecular flexibility index (Phi) is 5.81. The molecular weight excluding hydrogens is 344 g/mol. The van der Waals surface area contributed by atoms with E-state index in [0.29, 0.717) is 0 Å². The topological polar surface area (TPSA) is 188 Å². The van der Waals surface area contributed by atoms with Gasteiger partial charge < -0.3 is 29.9 Å². The smallest absolute Gasteiger partial charge is 0.332 e. The van der Waals surface area contributed by atoms with Crippen molar-refractivity contribution in [3.05, 3.63) is 33.1 Å². The van der Waals surface area contributed by atoms with Crippen molar-refractivity contribution in [1.82, 2.24) is 9.55 Å². The van der Waals surface area contributed by atoms with Gasteiger partial charge in [-0.2, -0.15) is 0 Å². The first-order valence-electron chi connectivity index (χ1n) is 7.07. The molecule has 1 unspecified atom stereocenters. The van der Waals surface area contributed by atoms with E-state index < -0.39 is 66.9 Å². The number of rotatable bonds is 6. The number of hydrogen-bond acceptors (Lipinski definition) is 10. The molecule has 0 aromatic carbocycles. The van der Waals surface area contributed by atoms with Gasteiger partial charge in [-0.3, -0.25) is 19.1 Å². The number of nitrogens with zero attached hydrogens (tertiary/aromatic N) is 1. The summed E-state index contributed by atoms with van der Waals surface area (Å²) < 4.78 is 10.7. The summed E-state index contributed by atoms with van der Waals surface area (Å²) in [6.07, 6.45) is -7.41. The standard InChI is InChI=1S/C13H16N2O10/c16-3-5(18)10(24-7(20)4-17)11-8(21)9(22)12(25-11)15-2-1-6(19)14-13(15)23/h1-2,8-12,16-17,21-22H,3-4H2,(H,14,19,23)/t8-,9+,10?,11-,12+/m0/s1. The summed E-state index contributed by atoms with van der Waals surface area (Å²) >= 11 is 0. The van der Waals surface area contributed by atoms with E-state index in [4.69, 9.17) is 14.9 Å². The van der Waals surface area contributed by atoms with Gasteiger partial charge in [-0.15, -0.1) is 0 Å². The lowest BCUT2D eigenvalue weighted by atomic mass is 10.0. The number of aliphatic hydroxyl groups is 4. The Bertz CT molecular complexity index is 756. The van der Waals surface area contributed by atoms with E-state index in [1.807, 2.05) is 4.98 Å². The third-order valence-corrected chi connectivity index (χ3v) is 3.56. The minimum absolute atomic E-state index is 0.698. The molecule has 1 fully saturated rings. The summed E-state index contributed by atoms with van der Waals surface area (Å²) in [5, 5.41) is 37.8. The van der Waals surface area contributed by atoms with E-state index in [9.17, 15) is 29.4 Å². The molecule has 1 aromatic rings. The molecule has 25 heavy (non-hydrogen) atoms. The Hall–Kier alpha value is -2.38. The first kappa shape index (κ1) is 19.0. The number of ketones is 1. The lowest BCUT2D eigenvalue weighted by Gasteiger charge is -2.23. The monoisotopic (exact) mass is 360 g/mol. The van der Waals surface area contributed by atoms with Crippen molar-refractivity contribution in [2.75, 3.05) is 13.2 Å². The summed E-state index contributed by atoms with van der Waals surface area (Å²) in [5.74, 6) is -2.27. The number of H-pyrrole nitrogens is 1. The second-order valence-electron chi connectivity index (χ2n) is 5.18. The van der Waals surface area contributed by atoms with Crippen molar-refractivity contribution in [2.24, 2.45) is 0 Å². The average molecular weight is 360 g/mol. The maximum Gasteiger partial charge on any atom is 0.332 e. The highest BCUT2D eigenvalue weighted by Crippen LogP contribution is 2.31. The SMILES string of the molecule is O=C(CO)OC(C(=O)CO)[C@H]1O[C@@H](n2ccc(=O)[nH]c2=O)[C@H](O)[C@@H]1O. The number of aromatic amines is 1. The van der Waals surface area contributed by atoms with Crippen LogP contribution in [0.5, 0.6) is 0 Å². The molecule has 0 aliphatic carbocycles. The normalized spacial score (nSPS) is 27.0. The molecule has 2 heterocycles. The molecule has 1 aliphatic rings. The van der Waals surface area contributed by atoms with Crippen molar-refractivity contribution in [3.63, 3.8) is 0 Å². The van der Waals surface area contributed by atoms with Gasteiger partial charge in [0.25, 0.3) is 5.56 Å². The molecule has 12 heteroatoms. The van der Waals surface area contributed by atoms with Crippen LogP contribution in [0.1, 0.15) is 6.23 Å². The number of hydrogen-bond donors (Lipinski definition) is 5. The summed E-state index contributed by atoms with van der Waals surface area (Å²) in [4.78, 5) is 47.8. The van der Waals surface area contributed by atoms with E-state index in [0.717, 1.165) is 16.8 Å². The van der Waals surface area contributed by atoms with Crippen LogP contribution >= 0.6 is 0 Å². The lowest BCUT2D eigenvalue weighted by molar-refractivity contribution is -0.172. The summed E-state index contributed by atoms with van der Waals surface area (Å²) in [6.45, 7) is -2.13. The predicted octanol–water partition coefficient (Wildman–Crippen LogP) is -4.38. The third kappa shape index (κ3) is 3.83. The molecule has 5 atom stereocenters. The lowest BCUT2D eigenvalue weighted by Crippen LogP contribution is -2.46. The highest BCUT2D eigenvalue weighted by atomic mass is 16.6. The second kappa shape index (κ2) is 7.67. The van der Waals surface area contributed by atoms with Crippen molar-refractivity contribution in [3.8, 4) is 0 Å². The molecule has 12 nitrogen and oxygen atoms in total. The zero-order chi connectivity index (χ0) is 18.7. The number of aliphatic hydroxyl groups excluding tert-OH is 4. The Morgan fingerprint density at radius 1 is 1.24 bits per heavy atom. The number of carbonyl (C=O) groups is 2. The van der Waals surface area contributed by atoms with Gasteiger partial charge in [0, 0.05) is 12.3 Å². The molecule has 0 bridgehead atoms. The maximum atomic E-state index is 11.8. The fourth-order valence-electron chi connectivity index (χ4n) is 2.38. The van der Waals surface area contributed by atoms with Crippen LogP contribution in [0, 0.1) is 0 Å². The van der Waals surface area contributed by atoms with Crippen LogP contribution in [-0.2, 0) is 19.1 Å². The van der Waals surface area contributed by atoms with Gasteiger partial charge in [0.05, 0.1) is 0 Å². The third-order valence-electron chi connectivity index (χ3n) is 3.56. The van der Waals surface area contributed by atoms with Gasteiger partial charge in [-0.1, -0.05) is 0 Å². The first-order chi connectivity index (χ1) is 11.8. The van der Waals surface area contributed by atoms with Crippen LogP contribution in [0.4, 0.5) is 0 Å². The van der Waals surface area contributed by atoms with Crippen molar-refractivity contribution in [1.29, 1.82) is 0 Å². The minimum Gasteiger partial charge on any atom is -0.450 e. The first-order valence-corrected chi connectivity index (χ1v) is 7.07. The van der Waals surface area contributed by atoms with Gasteiger partial charge in [-0.05, 0) is 0 Å². The molecule has 5 N–H and O–H groups in total. The Labute approximate surface area is 138 Å². The van der Waals surface area contributed by atoms with Crippen LogP contribution in [0.25, 0.3) is 0 Å². The highest BCUT2D eigenvalue weighted by molar-refractivity contribution is 5.87. The average Bonchev–Trinajstić information content (AvgIpc) is 2.87. The van der Waals surface area contributed by atoms with Crippen molar-refractivity contribution in [2.45, 2.75) is 30.6 Å². The molecule has 1 aromatic heterocycles. The Morgan fingerprint density at radius 2 is 1.92 bits per heavy atom. The van der Waals surface area contributed by atoms with Crippen molar-refractivity contribution >= 4 is 11.8 Å². The zero-order valence-electron chi connectivity index (χ0n) is 12.6. The van der Waals surface area contributed by atoms with Gasteiger partial charge >= 0.3 is 11.7 Å². The van der Waals surface area contributed by atoms with Gasteiger partial charge in [0.2, 0.25) is 5.78 Å². The van der Waals surface area contributed by atoms with Crippen LogP contribution in [0.15, 0.2) is 21.9 Å². The molecular formula is C13H16N2O10. The molecule has 2 rings (SSSR count). The van der Waals surface area contributed by atoms with Crippen LogP contribution < -0.4 is 11.2 Å². The van der Waals surface area contributed by atoms with E-state index in [1.54, 1.807) is 0 Å². The Morgan fingerprint density at radius 3 is 2.48 bits per heavy atom. The predicted molar refractivity (Wildman–Crippen MR) is 76.3 cm³/mol. The largest absolute Gasteiger partial charge is 0.450 e. The Balaban J connectivity index is 2.32. The van der Waals surface area contributed by atoms with Crippen molar-refractivity contribution < 1.29 is 39.5 Å². The molecule has 1 aliphatic heterocycles. The maximum absolute atomic E-state index is 11.8. The molecule has 0 spiro atoms. The van der Waals surface area contributed by atoms with Gasteiger partial charge in [0.1, 0.15) is 31.5 Å². The summed E-state index contributed by atoms with van der Waals surface area (Å²) in [7, 11) is 0. The van der Waals surface area contributed by atoms with Crippen LogP contribution in [-0.4, -0.2) is 79.4 Å². The number of carbonyl (C=O) groups excluding carboxylic acids is 2. The number of aromatic nitrogens is 2. The fraction of sp³-hybridized carbons (Fsp3) is 0.538. The van der Waals surface area contributed by atoms with E-state index >= 15 is 0 Å². The van der Waals surface area contributed by atoms with Gasteiger partial charge in [-0.25, -0.2) is 9.59 Å². The number of esters is 1. The molecule has 0 radical (unpaired) electrons. The van der Waals surface area contributed by atoms with Gasteiger partial charge in [0.15, 0.2) is 12.3 Å². The highest BCUT2D eigenvalue weighted by Gasteiger charge is 2.50. The number of nitrogens with one attached hydrogen (secondary N) is 1. The molecule has 0 amide bonds. The van der Waals surface area contributed by atoms with Crippen LogP contribution in [0.2, 0.25) is 0 Å². The second-order valence-corrected chi connectivity index (χ2v) is 5.18. The molecule has 1 saturated heterocycles. The molecule has 0 saturated carbocycles. The fourth-order valence-corrected chi connectivity index (χ4v) is 2.38. The number of Topliss-reactive ketones (excluding diaryl/α,β-unsaturated/α-hetero) is 1. The summed E-state index contributed by atoms with van der Waals surface area (Å²) in [6, 6.07) is 0.972. The molecule has 138 valence electrons. The number of ether oxygens (including phenoxy) is 2.